The van der Waals surface area contributed by atoms with Crippen LogP contribution in [-0.4, -0.2) is 51.2 Å². The van der Waals surface area contributed by atoms with Gasteiger partial charge in [-0.3, -0.25) is 9.59 Å². The molecule has 1 saturated heterocycles. The lowest BCUT2D eigenvalue weighted by atomic mass is 9.73. The van der Waals surface area contributed by atoms with Gasteiger partial charge in [0.2, 0.25) is 5.91 Å². The van der Waals surface area contributed by atoms with Gasteiger partial charge in [-0.2, -0.15) is 0 Å². The number of carbonyl (C=O) groups excluding carboxylic acids is 1. The Morgan fingerprint density at radius 3 is 2.75 bits per heavy atom. The number of hydrogen-bond donors (Lipinski definition) is 3. The smallest absolute Gasteiger partial charge is 0.314 e. The third-order valence-corrected chi connectivity index (χ3v) is 6.34. The van der Waals surface area contributed by atoms with Crippen molar-refractivity contribution in [1.29, 1.82) is 0 Å². The maximum atomic E-state index is 14.0. The number of halogens is 1. The molecule has 1 aromatic heterocycles. The number of piperidine rings is 1. The Balaban J connectivity index is 1.58. The van der Waals surface area contributed by atoms with E-state index in [9.17, 15) is 24.2 Å². The van der Waals surface area contributed by atoms with Crippen molar-refractivity contribution >= 4 is 22.8 Å². The van der Waals surface area contributed by atoms with Crippen molar-refractivity contribution in [2.75, 3.05) is 13.1 Å². The van der Waals surface area contributed by atoms with Gasteiger partial charge in [-0.05, 0) is 37.3 Å². The fourth-order valence-electron chi connectivity index (χ4n) is 4.49. The molecular formula is C21H25FN2O4. The van der Waals surface area contributed by atoms with Gasteiger partial charge in [0.1, 0.15) is 11.2 Å². The van der Waals surface area contributed by atoms with Gasteiger partial charge < -0.3 is 20.1 Å². The molecule has 2 aromatic rings. The van der Waals surface area contributed by atoms with Crippen LogP contribution in [0.4, 0.5) is 4.39 Å². The number of hydrogen-bond acceptors (Lipinski definition) is 3. The number of para-hydroxylation sites is 1. The number of carboxylic acids is 1. The highest BCUT2D eigenvalue weighted by Gasteiger charge is 2.52. The minimum absolute atomic E-state index is 0.0224. The number of aliphatic hydroxyl groups excluding tert-OH is 1. The molecule has 1 saturated carbocycles. The summed E-state index contributed by atoms with van der Waals surface area (Å²) < 4.78 is 14.0. The molecule has 4 rings (SSSR count). The van der Waals surface area contributed by atoms with Crippen LogP contribution in [-0.2, 0) is 16.0 Å². The van der Waals surface area contributed by atoms with E-state index in [4.69, 9.17) is 0 Å². The minimum atomic E-state index is -1.30. The first-order valence-corrected chi connectivity index (χ1v) is 9.76. The van der Waals surface area contributed by atoms with Gasteiger partial charge in [0.15, 0.2) is 0 Å². The quantitative estimate of drug-likeness (QED) is 0.734. The van der Waals surface area contributed by atoms with Crippen molar-refractivity contribution in [2.45, 2.75) is 45.1 Å². The number of rotatable bonds is 5. The molecule has 0 unspecified atom stereocenters. The maximum Gasteiger partial charge on any atom is 0.314 e. The Hall–Kier alpha value is -2.41. The summed E-state index contributed by atoms with van der Waals surface area (Å²) in [4.78, 5) is 29.6. The maximum absolute atomic E-state index is 14.0. The van der Waals surface area contributed by atoms with Gasteiger partial charge in [-0.1, -0.05) is 25.0 Å². The molecule has 2 aliphatic rings. The van der Waals surface area contributed by atoms with Gasteiger partial charge in [-0.25, -0.2) is 4.39 Å². The minimum Gasteiger partial charge on any atom is -0.481 e. The Bertz CT molecular complexity index is 936. The van der Waals surface area contributed by atoms with Crippen molar-refractivity contribution in [3.63, 3.8) is 0 Å². The Labute approximate surface area is 162 Å². The van der Waals surface area contributed by atoms with Crippen LogP contribution in [0.2, 0.25) is 0 Å². The van der Waals surface area contributed by atoms with Crippen molar-refractivity contribution < 1.29 is 24.2 Å². The third-order valence-electron chi connectivity index (χ3n) is 6.34. The highest BCUT2D eigenvalue weighted by atomic mass is 19.1. The van der Waals surface area contributed by atoms with E-state index in [0.717, 1.165) is 24.1 Å². The summed E-state index contributed by atoms with van der Waals surface area (Å²) in [6, 6.07) is 4.76. The van der Waals surface area contributed by atoms with Crippen molar-refractivity contribution in [1.82, 2.24) is 9.88 Å². The number of amides is 1. The molecule has 2 fully saturated rings. The van der Waals surface area contributed by atoms with E-state index in [1.807, 2.05) is 0 Å². The molecule has 0 bridgehead atoms. The first-order chi connectivity index (χ1) is 13.3. The van der Waals surface area contributed by atoms with Gasteiger partial charge in [0.25, 0.3) is 0 Å². The predicted molar refractivity (Wildman–Crippen MR) is 101 cm³/mol. The number of aliphatic carboxylic acids is 1. The molecule has 3 N–H and O–H groups in total. The van der Waals surface area contributed by atoms with Crippen LogP contribution in [0.3, 0.4) is 0 Å². The second-order valence-electron chi connectivity index (χ2n) is 8.30. The van der Waals surface area contributed by atoms with Crippen LogP contribution in [0.5, 0.6) is 0 Å². The van der Waals surface area contributed by atoms with Gasteiger partial charge in [0, 0.05) is 24.2 Å². The summed E-state index contributed by atoms with van der Waals surface area (Å²) >= 11 is 0. The molecule has 2 heterocycles. The van der Waals surface area contributed by atoms with Crippen LogP contribution in [0, 0.1) is 24.1 Å². The molecule has 0 radical (unpaired) electrons. The summed E-state index contributed by atoms with van der Waals surface area (Å²) in [5, 5.41) is 21.0. The highest BCUT2D eigenvalue weighted by molar-refractivity contribution is 5.90. The first kappa shape index (κ1) is 18.9. The first-order valence-electron chi connectivity index (χ1n) is 9.76. The molecule has 150 valence electrons. The van der Waals surface area contributed by atoms with Crippen LogP contribution in [0.1, 0.15) is 36.9 Å². The number of benzene rings is 1. The van der Waals surface area contributed by atoms with Crippen LogP contribution >= 0.6 is 0 Å². The topological polar surface area (TPSA) is 93.6 Å². The molecule has 1 amide bonds. The molecule has 6 nitrogen and oxygen atoms in total. The molecule has 7 heteroatoms. The normalized spacial score (nSPS) is 25.2. The number of aromatic nitrogens is 1. The number of carbonyl (C=O) groups is 2. The van der Waals surface area contributed by atoms with Crippen molar-refractivity contribution in [3.05, 3.63) is 35.3 Å². The van der Waals surface area contributed by atoms with E-state index in [2.05, 4.69) is 4.98 Å². The van der Waals surface area contributed by atoms with E-state index in [1.54, 1.807) is 24.0 Å². The number of fused-ring (bicyclic) bond motifs is 1. The summed E-state index contributed by atoms with van der Waals surface area (Å²) in [5.41, 5.74) is 0.545. The highest BCUT2D eigenvalue weighted by Crippen LogP contribution is 2.45. The van der Waals surface area contributed by atoms with Crippen LogP contribution in [0.25, 0.3) is 10.9 Å². The second kappa shape index (κ2) is 6.88. The molecule has 0 spiro atoms. The standard InChI is InChI=1S/C21H25FN2O4/c1-12-15(14-3-2-4-16(22)19(14)23-12)9-18(26)24-8-7-17(25)21(11-24,20(27)28)10-13-5-6-13/h2-4,13,17,23,25H,5-11H2,1H3,(H,27,28)/t17-,21+/m0/s1. The summed E-state index contributed by atoms with van der Waals surface area (Å²) in [5.74, 6) is -1.27. The molecule has 28 heavy (non-hydrogen) atoms. The Morgan fingerprint density at radius 1 is 1.32 bits per heavy atom. The molecule has 2 atom stereocenters. The lowest BCUT2D eigenvalue weighted by molar-refractivity contribution is -0.167. The summed E-state index contributed by atoms with van der Waals surface area (Å²) in [6.07, 6.45) is 1.76. The Morgan fingerprint density at radius 2 is 2.07 bits per heavy atom. The average molecular weight is 388 g/mol. The SMILES string of the molecule is Cc1[nH]c2c(F)cccc2c1CC(=O)N1CC[C@H](O)[C@](CC2CC2)(C(=O)O)C1. The molecule has 1 aromatic carbocycles. The lowest BCUT2D eigenvalue weighted by Gasteiger charge is -2.43. The number of nitrogens with one attached hydrogen (secondary N) is 1. The molecular weight excluding hydrogens is 363 g/mol. The van der Waals surface area contributed by atoms with E-state index >= 15 is 0 Å². The zero-order valence-corrected chi connectivity index (χ0v) is 15.9. The summed E-state index contributed by atoms with van der Waals surface area (Å²) in [7, 11) is 0. The molecule has 1 aliphatic carbocycles. The number of aliphatic hydroxyl groups is 1. The number of aryl methyl sites for hydroxylation is 1. The fourth-order valence-corrected chi connectivity index (χ4v) is 4.49. The van der Waals surface area contributed by atoms with Crippen molar-refractivity contribution in [2.24, 2.45) is 11.3 Å². The largest absolute Gasteiger partial charge is 0.481 e. The van der Waals surface area contributed by atoms with E-state index in [1.165, 1.54) is 6.07 Å². The van der Waals surface area contributed by atoms with Gasteiger partial charge in [0.05, 0.1) is 18.0 Å². The number of nitrogens with zero attached hydrogens (tertiary/aromatic N) is 1. The number of H-pyrrole nitrogens is 1. The second-order valence-corrected chi connectivity index (χ2v) is 8.30. The zero-order chi connectivity index (χ0) is 20.1. The van der Waals surface area contributed by atoms with Gasteiger partial charge in [-0.15, -0.1) is 0 Å². The van der Waals surface area contributed by atoms with Gasteiger partial charge >= 0.3 is 5.97 Å². The average Bonchev–Trinajstić information content (AvgIpc) is 3.41. The predicted octanol–water partition coefficient (Wildman–Crippen LogP) is 2.62. The zero-order valence-electron chi connectivity index (χ0n) is 15.9. The van der Waals surface area contributed by atoms with Crippen LogP contribution in [0.15, 0.2) is 18.2 Å². The lowest BCUT2D eigenvalue weighted by Crippen LogP contribution is -2.57. The monoisotopic (exact) mass is 388 g/mol. The van der Waals surface area contributed by atoms with Crippen LogP contribution < -0.4 is 0 Å². The van der Waals surface area contributed by atoms with E-state index in [-0.39, 0.29) is 31.1 Å². The molecule has 1 aliphatic heterocycles. The fraction of sp³-hybridized carbons (Fsp3) is 0.524. The van der Waals surface area contributed by atoms with Crippen molar-refractivity contribution in [3.8, 4) is 0 Å². The number of aromatic amines is 1. The number of carboxylic acid groups (broad SMARTS) is 1. The number of likely N-dealkylation sites (tertiary alicyclic amines) is 1. The van der Waals surface area contributed by atoms with E-state index in [0.29, 0.717) is 29.8 Å². The van der Waals surface area contributed by atoms with E-state index < -0.39 is 17.5 Å². The Kier molecular flexibility index (Phi) is 4.65. The summed E-state index contributed by atoms with van der Waals surface area (Å²) in [6.45, 7) is 2.15. The third kappa shape index (κ3) is 3.17.